The molecule has 2 heteroatoms. The molecule has 1 N–H and O–H groups in total. The zero-order valence-electron chi connectivity index (χ0n) is 5.80. The van der Waals surface area contributed by atoms with Crippen molar-refractivity contribution in [1.82, 2.24) is 0 Å². The van der Waals surface area contributed by atoms with Gasteiger partial charge in [-0.1, -0.05) is 18.5 Å². The lowest BCUT2D eigenvalue weighted by Crippen LogP contribution is -1.92. The Hall–Kier alpha value is -0.530. The number of hydrogen-bond donors (Lipinski definition) is 1. The molecule has 0 aliphatic heterocycles. The van der Waals surface area contributed by atoms with Gasteiger partial charge in [0, 0.05) is 0 Å². The van der Waals surface area contributed by atoms with Gasteiger partial charge in [-0.05, 0) is 25.2 Å². The first-order valence-electron chi connectivity index (χ1n) is 3.56. The van der Waals surface area contributed by atoms with Crippen molar-refractivity contribution in [3.8, 4) is 0 Å². The van der Waals surface area contributed by atoms with Crippen LogP contribution < -0.4 is 0 Å². The van der Waals surface area contributed by atoms with E-state index in [1.807, 2.05) is 0 Å². The second-order valence-corrected chi connectivity index (χ2v) is 2.68. The van der Waals surface area contributed by atoms with Gasteiger partial charge in [0.15, 0.2) is 0 Å². The fourth-order valence-electron chi connectivity index (χ4n) is 1.35. The van der Waals surface area contributed by atoms with Gasteiger partial charge in [-0.15, -0.1) is 0 Å². The molecule has 1 aliphatic carbocycles. The second-order valence-electron chi connectivity index (χ2n) is 2.68. The summed E-state index contributed by atoms with van der Waals surface area (Å²) in [6.07, 6.45) is 4.47. The first-order chi connectivity index (χ1) is 4.36. The van der Waals surface area contributed by atoms with Gasteiger partial charge in [-0.3, -0.25) is 0 Å². The molecule has 0 aromatic carbocycles. The summed E-state index contributed by atoms with van der Waals surface area (Å²) in [6, 6.07) is 0. The highest BCUT2D eigenvalue weighted by Gasteiger charge is 2.18. The third kappa shape index (κ3) is 1.44. The zero-order chi connectivity index (χ0) is 6.69. The molecule has 1 unspecified atom stereocenters. The van der Waals surface area contributed by atoms with E-state index in [9.17, 15) is 0 Å². The van der Waals surface area contributed by atoms with Gasteiger partial charge in [-0.2, -0.15) is 0 Å². The molecule has 1 fully saturated rings. The summed E-state index contributed by atoms with van der Waals surface area (Å²) in [5.41, 5.74) is 0.988. The highest BCUT2D eigenvalue weighted by Crippen LogP contribution is 2.25. The van der Waals surface area contributed by atoms with Crippen molar-refractivity contribution in [2.45, 2.75) is 32.6 Å². The van der Waals surface area contributed by atoms with Gasteiger partial charge >= 0.3 is 0 Å². The van der Waals surface area contributed by atoms with Crippen molar-refractivity contribution in [3.63, 3.8) is 0 Å². The van der Waals surface area contributed by atoms with Crippen LogP contribution in [-0.4, -0.2) is 10.9 Å². The van der Waals surface area contributed by atoms with Gasteiger partial charge in [0.25, 0.3) is 0 Å². The molecule has 0 spiro atoms. The van der Waals surface area contributed by atoms with Crippen LogP contribution in [0.5, 0.6) is 0 Å². The predicted octanol–water partition coefficient (Wildman–Crippen LogP) is 2.03. The molecule has 0 saturated heterocycles. The normalized spacial score (nSPS) is 31.7. The van der Waals surface area contributed by atoms with Crippen LogP contribution in [0.3, 0.4) is 0 Å². The summed E-state index contributed by atoms with van der Waals surface area (Å²) in [7, 11) is 0. The smallest absolute Gasteiger partial charge is 0.0573 e. The molecule has 0 amide bonds. The van der Waals surface area contributed by atoms with Crippen LogP contribution in [0, 0.1) is 5.92 Å². The zero-order valence-corrected chi connectivity index (χ0v) is 5.80. The first kappa shape index (κ1) is 6.59. The van der Waals surface area contributed by atoms with E-state index in [4.69, 9.17) is 5.21 Å². The molecular weight excluding hydrogens is 114 g/mol. The summed E-state index contributed by atoms with van der Waals surface area (Å²) in [5, 5.41) is 11.6. The van der Waals surface area contributed by atoms with Crippen LogP contribution in [0.4, 0.5) is 0 Å². The summed E-state index contributed by atoms with van der Waals surface area (Å²) in [5.74, 6) is 0.788. The quantitative estimate of drug-likeness (QED) is 0.424. The topological polar surface area (TPSA) is 32.6 Å². The Bertz CT molecular complexity index is 120. The molecule has 2 nitrogen and oxygen atoms in total. The molecule has 0 bridgehead atoms. The van der Waals surface area contributed by atoms with E-state index in [1.165, 1.54) is 12.8 Å². The van der Waals surface area contributed by atoms with Gasteiger partial charge in [-0.25, -0.2) is 0 Å². The maximum Gasteiger partial charge on any atom is 0.0573 e. The molecule has 0 radical (unpaired) electrons. The lowest BCUT2D eigenvalue weighted by atomic mass is 10.1. The predicted molar refractivity (Wildman–Crippen MR) is 36.9 cm³/mol. The fourth-order valence-corrected chi connectivity index (χ4v) is 1.35. The van der Waals surface area contributed by atoms with Crippen molar-refractivity contribution in [2.24, 2.45) is 11.1 Å². The van der Waals surface area contributed by atoms with Crippen LogP contribution in [0.1, 0.15) is 32.6 Å². The standard InChI is InChI=1S/C7H13NO/c1-2-6-3-4-7(5-6)8-9/h6,9H,2-5H2,1H3. The molecule has 1 atom stereocenters. The number of oxime groups is 1. The molecular formula is C7H13NO. The Labute approximate surface area is 55.6 Å². The Morgan fingerprint density at radius 3 is 2.89 bits per heavy atom. The summed E-state index contributed by atoms with van der Waals surface area (Å²) >= 11 is 0. The van der Waals surface area contributed by atoms with Crippen LogP contribution in [0.25, 0.3) is 0 Å². The first-order valence-corrected chi connectivity index (χ1v) is 3.56. The van der Waals surface area contributed by atoms with E-state index < -0.39 is 0 Å². The minimum Gasteiger partial charge on any atom is -0.411 e. The van der Waals surface area contributed by atoms with Gasteiger partial charge in [0.1, 0.15) is 0 Å². The van der Waals surface area contributed by atoms with E-state index in [0.717, 1.165) is 24.5 Å². The lowest BCUT2D eigenvalue weighted by Gasteiger charge is -1.99. The Balaban J connectivity index is 2.38. The van der Waals surface area contributed by atoms with Crippen molar-refractivity contribution in [2.75, 3.05) is 0 Å². The number of rotatable bonds is 1. The molecule has 1 saturated carbocycles. The Kier molecular flexibility index (Phi) is 2.09. The van der Waals surface area contributed by atoms with Gasteiger partial charge in [0.2, 0.25) is 0 Å². The Morgan fingerprint density at radius 1 is 1.78 bits per heavy atom. The van der Waals surface area contributed by atoms with Crippen LogP contribution in [-0.2, 0) is 0 Å². The maximum absolute atomic E-state index is 8.37. The molecule has 1 rings (SSSR count). The van der Waals surface area contributed by atoms with Crippen LogP contribution in [0.15, 0.2) is 5.16 Å². The lowest BCUT2D eigenvalue weighted by molar-refractivity contribution is 0.317. The third-order valence-corrected chi connectivity index (χ3v) is 2.08. The summed E-state index contributed by atoms with van der Waals surface area (Å²) in [4.78, 5) is 0. The largest absolute Gasteiger partial charge is 0.411 e. The molecule has 52 valence electrons. The van der Waals surface area contributed by atoms with Gasteiger partial charge < -0.3 is 5.21 Å². The minimum absolute atomic E-state index is 0.788. The molecule has 1 aliphatic rings. The van der Waals surface area contributed by atoms with E-state index in [-0.39, 0.29) is 0 Å². The van der Waals surface area contributed by atoms with Crippen molar-refractivity contribution in [1.29, 1.82) is 0 Å². The summed E-state index contributed by atoms with van der Waals surface area (Å²) in [6.45, 7) is 2.19. The Morgan fingerprint density at radius 2 is 2.56 bits per heavy atom. The molecule has 0 aromatic rings. The van der Waals surface area contributed by atoms with Crippen LogP contribution >= 0.6 is 0 Å². The maximum atomic E-state index is 8.37. The average molecular weight is 127 g/mol. The van der Waals surface area contributed by atoms with Crippen LogP contribution in [0.2, 0.25) is 0 Å². The third-order valence-electron chi connectivity index (χ3n) is 2.08. The fraction of sp³-hybridized carbons (Fsp3) is 0.857. The number of nitrogens with zero attached hydrogens (tertiary/aromatic N) is 1. The number of hydrogen-bond acceptors (Lipinski definition) is 2. The van der Waals surface area contributed by atoms with Crippen molar-refractivity contribution in [3.05, 3.63) is 0 Å². The molecule has 9 heavy (non-hydrogen) atoms. The van der Waals surface area contributed by atoms with E-state index >= 15 is 0 Å². The average Bonchev–Trinajstić information content (AvgIpc) is 2.34. The van der Waals surface area contributed by atoms with E-state index in [1.54, 1.807) is 0 Å². The van der Waals surface area contributed by atoms with Crippen molar-refractivity contribution >= 4 is 5.71 Å². The SMILES string of the molecule is CCC1CCC(=NO)C1. The second kappa shape index (κ2) is 2.85. The monoisotopic (exact) mass is 127 g/mol. The molecule has 0 heterocycles. The summed E-state index contributed by atoms with van der Waals surface area (Å²) < 4.78 is 0. The minimum atomic E-state index is 0.788. The highest BCUT2D eigenvalue weighted by atomic mass is 16.4. The van der Waals surface area contributed by atoms with Crippen molar-refractivity contribution < 1.29 is 5.21 Å². The highest BCUT2D eigenvalue weighted by molar-refractivity contribution is 5.85. The molecule has 0 aromatic heterocycles. The van der Waals surface area contributed by atoms with E-state index in [0.29, 0.717) is 0 Å². The van der Waals surface area contributed by atoms with Gasteiger partial charge in [0.05, 0.1) is 5.71 Å². The van der Waals surface area contributed by atoms with E-state index in [2.05, 4.69) is 12.1 Å².